The number of benzene rings is 2. The van der Waals surface area contributed by atoms with Crippen LogP contribution in [0.1, 0.15) is 5.56 Å². The number of fused-ring (bicyclic) bond motifs is 1. The van der Waals surface area contributed by atoms with Gasteiger partial charge in [0.05, 0.1) is 11.3 Å². The van der Waals surface area contributed by atoms with E-state index in [0.717, 1.165) is 28.8 Å². The molecule has 152 valence electrons. The third kappa shape index (κ3) is 3.36. The van der Waals surface area contributed by atoms with E-state index in [2.05, 4.69) is 20.3 Å². The molecule has 0 aliphatic carbocycles. The number of hydrogen-bond acceptors (Lipinski definition) is 5. The summed E-state index contributed by atoms with van der Waals surface area (Å²) in [6.07, 6.45) is -4.16. The van der Waals surface area contributed by atoms with E-state index in [9.17, 15) is 27.9 Å². The number of amides is 1. The minimum atomic E-state index is -4.52. The monoisotopic (exact) mass is 415 g/mol. The Balaban J connectivity index is 1.95. The van der Waals surface area contributed by atoms with Gasteiger partial charge in [-0.25, -0.2) is 19.3 Å². The summed E-state index contributed by atoms with van der Waals surface area (Å²) in [6.45, 7) is 0. The van der Waals surface area contributed by atoms with Gasteiger partial charge in [-0.15, -0.1) is 0 Å². The summed E-state index contributed by atoms with van der Waals surface area (Å²) in [6, 6.07) is 9.98. The van der Waals surface area contributed by atoms with Crippen molar-refractivity contribution in [2.45, 2.75) is 6.18 Å². The average molecular weight is 415 g/mol. The highest BCUT2D eigenvalue weighted by atomic mass is 19.4. The zero-order valence-corrected chi connectivity index (χ0v) is 14.9. The van der Waals surface area contributed by atoms with Crippen LogP contribution in [0.2, 0.25) is 0 Å². The molecule has 0 atom stereocenters. The molecule has 1 amide bonds. The lowest BCUT2D eigenvalue weighted by Crippen LogP contribution is -2.15. The Morgan fingerprint density at radius 3 is 2.47 bits per heavy atom. The van der Waals surface area contributed by atoms with Crippen molar-refractivity contribution in [2.24, 2.45) is 0 Å². The highest BCUT2D eigenvalue weighted by Crippen LogP contribution is 2.30. The summed E-state index contributed by atoms with van der Waals surface area (Å²) >= 11 is 0. The Kier molecular flexibility index (Phi) is 4.49. The number of aromatic nitrogens is 4. The molecular formula is C19H12F3N5O3. The minimum absolute atomic E-state index is 0.00361. The Labute approximate surface area is 165 Å². The van der Waals surface area contributed by atoms with E-state index in [1.54, 1.807) is 12.1 Å². The second-order valence-corrected chi connectivity index (χ2v) is 6.22. The van der Waals surface area contributed by atoms with E-state index < -0.39 is 17.4 Å². The normalized spacial score (nSPS) is 11.6. The second kappa shape index (κ2) is 7.03. The molecule has 2 aromatic carbocycles. The van der Waals surface area contributed by atoms with Gasteiger partial charge in [-0.3, -0.25) is 4.79 Å². The highest BCUT2D eigenvalue weighted by molar-refractivity contribution is 5.90. The number of aromatic hydroxyl groups is 1. The third-order valence-corrected chi connectivity index (χ3v) is 4.29. The van der Waals surface area contributed by atoms with Crippen molar-refractivity contribution < 1.29 is 23.1 Å². The number of carbonyl (C=O) groups is 1. The fourth-order valence-corrected chi connectivity index (χ4v) is 2.96. The fourth-order valence-electron chi connectivity index (χ4n) is 2.96. The number of carbonyl (C=O) groups excluding carboxylic acids is 1. The van der Waals surface area contributed by atoms with Crippen molar-refractivity contribution in [3.63, 3.8) is 0 Å². The summed E-state index contributed by atoms with van der Waals surface area (Å²) in [5.74, 6) is 0.0359. The zero-order valence-electron chi connectivity index (χ0n) is 14.9. The summed E-state index contributed by atoms with van der Waals surface area (Å²) in [4.78, 5) is 34.6. The van der Waals surface area contributed by atoms with Crippen LogP contribution in [0.15, 0.2) is 53.3 Å². The lowest BCUT2D eigenvalue weighted by atomic mass is 10.2. The molecule has 0 fully saturated rings. The van der Waals surface area contributed by atoms with Crippen LogP contribution in [0, 0.1) is 0 Å². The number of hydrogen-bond donors (Lipinski definition) is 3. The molecule has 8 nitrogen and oxygen atoms in total. The Morgan fingerprint density at radius 1 is 1.10 bits per heavy atom. The average Bonchev–Trinajstić information content (AvgIpc) is 3.03. The van der Waals surface area contributed by atoms with Gasteiger partial charge in [-0.05, 0) is 36.4 Å². The van der Waals surface area contributed by atoms with Crippen molar-refractivity contribution in [1.82, 2.24) is 19.5 Å². The molecule has 2 aromatic heterocycles. The molecular weight excluding hydrogens is 403 g/mol. The Bertz CT molecular complexity index is 1310. The number of anilines is 1. The summed E-state index contributed by atoms with van der Waals surface area (Å²) in [5.41, 5.74) is -0.873. The summed E-state index contributed by atoms with van der Waals surface area (Å²) in [7, 11) is 0. The quantitative estimate of drug-likeness (QED) is 0.444. The van der Waals surface area contributed by atoms with Crippen LogP contribution in [0.4, 0.5) is 19.0 Å². The Morgan fingerprint density at radius 2 is 1.83 bits per heavy atom. The SMILES string of the molecule is O=CNc1nc(-c2cccc(O)c2)nc2c1[nH]c(=O)n2-c1ccc(C(F)(F)F)cc1. The lowest BCUT2D eigenvalue weighted by molar-refractivity contribution is -0.137. The van der Waals surface area contributed by atoms with Gasteiger partial charge in [0.2, 0.25) is 6.41 Å². The molecule has 3 N–H and O–H groups in total. The minimum Gasteiger partial charge on any atom is -0.508 e. The van der Waals surface area contributed by atoms with Crippen molar-refractivity contribution in [1.29, 1.82) is 0 Å². The van der Waals surface area contributed by atoms with Crippen LogP contribution in [-0.4, -0.2) is 31.0 Å². The first-order valence-corrected chi connectivity index (χ1v) is 8.48. The summed E-state index contributed by atoms with van der Waals surface area (Å²) in [5, 5.41) is 12.1. The lowest BCUT2D eigenvalue weighted by Gasteiger charge is -2.09. The van der Waals surface area contributed by atoms with Crippen molar-refractivity contribution in [2.75, 3.05) is 5.32 Å². The molecule has 11 heteroatoms. The number of phenolic OH excluding ortho intramolecular Hbond substituents is 1. The second-order valence-electron chi connectivity index (χ2n) is 6.22. The number of phenols is 1. The van der Waals surface area contributed by atoms with E-state index in [0.29, 0.717) is 12.0 Å². The number of rotatable bonds is 4. The van der Waals surface area contributed by atoms with Gasteiger partial charge in [-0.1, -0.05) is 12.1 Å². The number of halogens is 3. The molecule has 0 radical (unpaired) electrons. The van der Waals surface area contributed by atoms with Gasteiger partial charge < -0.3 is 15.4 Å². The van der Waals surface area contributed by atoms with E-state index in [1.807, 2.05) is 0 Å². The molecule has 0 bridgehead atoms. The van der Waals surface area contributed by atoms with Gasteiger partial charge in [0, 0.05) is 5.56 Å². The van der Waals surface area contributed by atoms with Crippen LogP contribution >= 0.6 is 0 Å². The van der Waals surface area contributed by atoms with Crippen LogP contribution in [0.25, 0.3) is 28.2 Å². The van der Waals surface area contributed by atoms with Crippen LogP contribution < -0.4 is 11.0 Å². The zero-order chi connectivity index (χ0) is 21.5. The first-order chi connectivity index (χ1) is 14.3. The van der Waals surface area contributed by atoms with Gasteiger partial charge >= 0.3 is 11.9 Å². The number of H-pyrrole nitrogens is 1. The number of imidazole rings is 1. The molecule has 4 rings (SSSR count). The fraction of sp³-hybridized carbons (Fsp3) is 0.0526. The number of nitrogens with one attached hydrogen (secondary N) is 2. The van der Waals surface area contributed by atoms with Crippen molar-refractivity contribution in [3.8, 4) is 22.8 Å². The van der Waals surface area contributed by atoms with Crippen LogP contribution in [0.5, 0.6) is 5.75 Å². The molecule has 0 aliphatic rings. The predicted molar refractivity (Wildman–Crippen MR) is 101 cm³/mol. The molecule has 0 aliphatic heterocycles. The predicted octanol–water partition coefficient (Wildman–Crippen LogP) is 3.07. The maximum atomic E-state index is 12.8. The first-order valence-electron chi connectivity index (χ1n) is 8.48. The third-order valence-electron chi connectivity index (χ3n) is 4.29. The standard InChI is InChI=1S/C19H12F3N5O3/c20-19(21,22)11-4-6-12(7-5-11)27-17-14(24-18(27)30)16(23-9-28)25-15(26-17)10-2-1-3-13(29)8-10/h1-9,29H,(H,24,30)(H,23,25,26,28). The molecule has 2 heterocycles. The van der Waals surface area contributed by atoms with Crippen molar-refractivity contribution >= 4 is 23.4 Å². The van der Waals surface area contributed by atoms with E-state index in [4.69, 9.17) is 0 Å². The molecule has 30 heavy (non-hydrogen) atoms. The van der Waals surface area contributed by atoms with E-state index >= 15 is 0 Å². The first kappa shape index (κ1) is 19.2. The smallest absolute Gasteiger partial charge is 0.416 e. The van der Waals surface area contributed by atoms with Crippen LogP contribution in [0.3, 0.4) is 0 Å². The van der Waals surface area contributed by atoms with E-state index in [1.165, 1.54) is 12.1 Å². The highest BCUT2D eigenvalue weighted by Gasteiger charge is 2.30. The number of nitrogens with zero attached hydrogens (tertiary/aromatic N) is 3. The molecule has 0 saturated heterocycles. The molecule has 0 unspecified atom stereocenters. The maximum Gasteiger partial charge on any atom is 0.416 e. The van der Waals surface area contributed by atoms with Crippen molar-refractivity contribution in [3.05, 3.63) is 64.6 Å². The topological polar surface area (TPSA) is 113 Å². The number of aromatic amines is 1. The van der Waals surface area contributed by atoms with Crippen LogP contribution in [-0.2, 0) is 11.0 Å². The molecule has 4 aromatic rings. The van der Waals surface area contributed by atoms with Gasteiger partial charge in [0.15, 0.2) is 17.3 Å². The largest absolute Gasteiger partial charge is 0.508 e. The van der Waals surface area contributed by atoms with Gasteiger partial charge in [0.1, 0.15) is 11.3 Å². The van der Waals surface area contributed by atoms with Gasteiger partial charge in [0.25, 0.3) is 0 Å². The number of alkyl halides is 3. The Hall–Kier alpha value is -4.15. The molecule has 0 saturated carbocycles. The maximum absolute atomic E-state index is 12.8. The van der Waals surface area contributed by atoms with Gasteiger partial charge in [-0.2, -0.15) is 13.2 Å². The molecule has 0 spiro atoms. The van der Waals surface area contributed by atoms with E-state index in [-0.39, 0.29) is 34.2 Å². The summed E-state index contributed by atoms with van der Waals surface area (Å²) < 4.78 is 39.6.